The Bertz CT molecular complexity index is 1240. The predicted octanol–water partition coefficient (Wildman–Crippen LogP) is 6.62. The fourth-order valence-corrected chi connectivity index (χ4v) is 5.34. The van der Waals surface area contributed by atoms with Crippen molar-refractivity contribution in [2.75, 3.05) is 46.0 Å². The van der Waals surface area contributed by atoms with E-state index in [0.29, 0.717) is 38.5 Å². The van der Waals surface area contributed by atoms with Gasteiger partial charge in [-0.25, -0.2) is 0 Å². The first kappa shape index (κ1) is 30.9. The van der Waals surface area contributed by atoms with Crippen molar-refractivity contribution in [3.63, 3.8) is 0 Å². The molecule has 1 aliphatic rings. The number of alkyl halides is 4. The van der Waals surface area contributed by atoms with Gasteiger partial charge in [-0.1, -0.05) is 91.3 Å². The van der Waals surface area contributed by atoms with Crippen LogP contribution in [0.3, 0.4) is 0 Å². The second-order valence-corrected chi connectivity index (χ2v) is 10.8. The number of carbonyl (C=O) groups excluding carboxylic acids is 1. The van der Waals surface area contributed by atoms with Crippen molar-refractivity contribution >= 4 is 17.5 Å². The first-order valence-electron chi connectivity index (χ1n) is 13.9. The number of rotatable bonds is 12. The highest BCUT2D eigenvalue weighted by atomic mass is 35.5. The summed E-state index contributed by atoms with van der Waals surface area (Å²) in [6.07, 6.45) is -4.16. The van der Waals surface area contributed by atoms with Crippen LogP contribution in [0.25, 0.3) is 0 Å². The molecular weight excluding hydrogens is 553 g/mol. The molecule has 0 spiro atoms. The van der Waals surface area contributed by atoms with Crippen LogP contribution in [0.2, 0.25) is 0 Å². The van der Waals surface area contributed by atoms with Gasteiger partial charge in [-0.15, -0.1) is 0 Å². The van der Waals surface area contributed by atoms with Crippen LogP contribution < -0.4 is 4.74 Å². The molecule has 0 aromatic heterocycles. The lowest BCUT2D eigenvalue weighted by atomic mass is 9.97. The van der Waals surface area contributed by atoms with Crippen LogP contribution in [0, 0.1) is 0 Å². The molecule has 220 valence electrons. The van der Waals surface area contributed by atoms with E-state index in [0.717, 1.165) is 11.1 Å². The van der Waals surface area contributed by atoms with Crippen molar-refractivity contribution in [2.24, 2.45) is 0 Å². The van der Waals surface area contributed by atoms with Gasteiger partial charge in [0.15, 0.2) is 0 Å². The SMILES string of the molecule is C[C@H](CN(CCCOc1cccc(CC(=O)N2CCOCC2)c1)C(Cl)(c1ccccc1)C(F)(F)F)c1ccccc1. The van der Waals surface area contributed by atoms with E-state index in [4.69, 9.17) is 21.1 Å². The van der Waals surface area contributed by atoms with Crippen molar-refractivity contribution in [1.82, 2.24) is 9.80 Å². The molecule has 0 aliphatic carbocycles. The first-order chi connectivity index (χ1) is 19.7. The molecular formula is C32H36ClF3N2O3. The summed E-state index contributed by atoms with van der Waals surface area (Å²) in [5, 5.41) is 0. The Morgan fingerprint density at radius 3 is 2.32 bits per heavy atom. The number of morpholine rings is 1. The van der Waals surface area contributed by atoms with Crippen LogP contribution in [0.1, 0.15) is 36.0 Å². The average Bonchev–Trinajstić information content (AvgIpc) is 2.99. The molecule has 1 amide bonds. The fourth-order valence-electron chi connectivity index (χ4n) is 5.06. The number of hydrogen-bond donors (Lipinski definition) is 0. The number of amides is 1. The Labute approximate surface area is 244 Å². The Balaban J connectivity index is 1.44. The van der Waals surface area contributed by atoms with E-state index in [1.807, 2.05) is 49.4 Å². The minimum Gasteiger partial charge on any atom is -0.494 e. The molecule has 1 saturated heterocycles. The second-order valence-electron chi connectivity index (χ2n) is 10.3. The summed E-state index contributed by atoms with van der Waals surface area (Å²) < 4.78 is 55.4. The van der Waals surface area contributed by atoms with Crippen molar-refractivity contribution < 1.29 is 27.4 Å². The molecule has 1 unspecified atom stereocenters. The van der Waals surface area contributed by atoms with Gasteiger partial charge in [0.2, 0.25) is 10.9 Å². The van der Waals surface area contributed by atoms with Crippen LogP contribution in [0.15, 0.2) is 84.9 Å². The summed E-state index contributed by atoms with van der Waals surface area (Å²) >= 11 is 6.58. The van der Waals surface area contributed by atoms with Crippen molar-refractivity contribution in [2.45, 2.75) is 36.9 Å². The van der Waals surface area contributed by atoms with Gasteiger partial charge < -0.3 is 14.4 Å². The van der Waals surface area contributed by atoms with Gasteiger partial charge in [0.25, 0.3) is 0 Å². The molecule has 9 heteroatoms. The van der Waals surface area contributed by atoms with Gasteiger partial charge >= 0.3 is 6.18 Å². The summed E-state index contributed by atoms with van der Waals surface area (Å²) in [5.41, 5.74) is 1.73. The number of hydrogen-bond acceptors (Lipinski definition) is 4. The third-order valence-electron chi connectivity index (χ3n) is 7.29. The molecule has 41 heavy (non-hydrogen) atoms. The highest BCUT2D eigenvalue weighted by Crippen LogP contribution is 2.48. The highest BCUT2D eigenvalue weighted by Gasteiger charge is 2.58. The number of nitrogens with zero attached hydrogens (tertiary/aromatic N) is 2. The lowest BCUT2D eigenvalue weighted by Crippen LogP contribution is -2.53. The van der Waals surface area contributed by atoms with Gasteiger partial charge in [-0.05, 0) is 41.2 Å². The monoisotopic (exact) mass is 588 g/mol. The molecule has 2 atom stereocenters. The number of halogens is 4. The van der Waals surface area contributed by atoms with E-state index in [1.165, 1.54) is 17.0 Å². The van der Waals surface area contributed by atoms with E-state index in [1.54, 1.807) is 35.2 Å². The zero-order valence-corrected chi connectivity index (χ0v) is 23.9. The quantitative estimate of drug-likeness (QED) is 0.136. The van der Waals surface area contributed by atoms with E-state index < -0.39 is 11.2 Å². The lowest BCUT2D eigenvalue weighted by Gasteiger charge is -2.42. The van der Waals surface area contributed by atoms with E-state index in [-0.39, 0.29) is 43.5 Å². The highest BCUT2D eigenvalue weighted by molar-refractivity contribution is 6.24. The van der Waals surface area contributed by atoms with Gasteiger partial charge in [0.1, 0.15) is 5.75 Å². The van der Waals surface area contributed by atoms with E-state index in [2.05, 4.69) is 0 Å². The van der Waals surface area contributed by atoms with Crippen LogP contribution in [0.5, 0.6) is 5.75 Å². The predicted molar refractivity (Wildman–Crippen MR) is 154 cm³/mol. The van der Waals surface area contributed by atoms with Crippen molar-refractivity contribution in [1.29, 1.82) is 0 Å². The normalized spacial score (nSPS) is 16.3. The first-order valence-corrected chi connectivity index (χ1v) is 14.2. The van der Waals surface area contributed by atoms with Crippen molar-refractivity contribution in [3.8, 4) is 5.75 Å². The average molecular weight is 589 g/mol. The molecule has 1 aliphatic heterocycles. The molecule has 1 fully saturated rings. The van der Waals surface area contributed by atoms with Crippen LogP contribution >= 0.6 is 11.6 Å². The molecule has 4 rings (SSSR count). The Kier molecular flexibility index (Phi) is 10.7. The second kappa shape index (κ2) is 14.2. The molecule has 0 bridgehead atoms. The number of ether oxygens (including phenoxy) is 2. The molecule has 5 nitrogen and oxygen atoms in total. The topological polar surface area (TPSA) is 42.0 Å². The minimum atomic E-state index is -4.73. The Morgan fingerprint density at radius 2 is 1.66 bits per heavy atom. The lowest BCUT2D eigenvalue weighted by molar-refractivity contribution is -0.206. The maximum atomic E-state index is 14.7. The third kappa shape index (κ3) is 8.03. The summed E-state index contributed by atoms with van der Waals surface area (Å²) in [7, 11) is 0. The summed E-state index contributed by atoms with van der Waals surface area (Å²) in [5.74, 6) is 0.402. The van der Waals surface area contributed by atoms with Gasteiger partial charge in [-0.2, -0.15) is 13.2 Å². The summed E-state index contributed by atoms with van der Waals surface area (Å²) in [6.45, 7) is 4.49. The maximum Gasteiger partial charge on any atom is 0.425 e. The van der Waals surface area contributed by atoms with E-state index >= 15 is 0 Å². The minimum absolute atomic E-state index is 0.0204. The van der Waals surface area contributed by atoms with Crippen LogP contribution in [-0.4, -0.2) is 67.9 Å². The molecule has 1 heterocycles. The summed E-state index contributed by atoms with van der Waals surface area (Å²) in [4.78, 5) is 13.0. The zero-order chi connectivity index (χ0) is 29.3. The number of carbonyl (C=O) groups is 1. The molecule has 0 saturated carbocycles. The van der Waals surface area contributed by atoms with Gasteiger partial charge in [0.05, 0.1) is 26.2 Å². The third-order valence-corrected chi connectivity index (χ3v) is 7.96. The smallest absolute Gasteiger partial charge is 0.425 e. The van der Waals surface area contributed by atoms with E-state index in [9.17, 15) is 18.0 Å². The molecule has 0 N–H and O–H groups in total. The fraction of sp³-hybridized carbons (Fsp3) is 0.406. The zero-order valence-electron chi connectivity index (χ0n) is 23.2. The van der Waals surface area contributed by atoms with Crippen LogP contribution in [-0.2, 0) is 21.0 Å². The largest absolute Gasteiger partial charge is 0.494 e. The van der Waals surface area contributed by atoms with Gasteiger partial charge in [0, 0.05) is 26.2 Å². The molecule has 3 aromatic rings. The molecule has 0 radical (unpaired) electrons. The standard InChI is InChI=1S/C32H36ClF3N2O3/c1-25(27-11-4-2-5-12-27)24-38(31(33,32(34,35)36)28-13-6-3-7-14-28)16-9-19-41-29-15-8-10-26(22-29)23-30(39)37-17-20-40-21-18-37/h2-8,10-15,22,25H,9,16-21,23-24H2,1H3/t25-,31?/m1/s1. The maximum absolute atomic E-state index is 14.7. The van der Waals surface area contributed by atoms with Gasteiger partial charge in [-0.3, -0.25) is 9.69 Å². The van der Waals surface area contributed by atoms with Crippen LogP contribution in [0.4, 0.5) is 13.2 Å². The molecule has 3 aromatic carbocycles. The van der Waals surface area contributed by atoms with Crippen molar-refractivity contribution in [3.05, 3.63) is 102 Å². The number of benzene rings is 3. The Hall–Kier alpha value is -3.07. The summed E-state index contributed by atoms with van der Waals surface area (Å²) in [6, 6.07) is 24.4. The Morgan fingerprint density at radius 1 is 1.00 bits per heavy atom.